The highest BCUT2D eigenvalue weighted by atomic mass is 32.1. The number of hydrogen-bond acceptors (Lipinski definition) is 5. The van der Waals surface area contributed by atoms with Gasteiger partial charge in [0, 0.05) is 18.2 Å². The lowest BCUT2D eigenvalue weighted by Gasteiger charge is -2.27. The first kappa shape index (κ1) is 16.9. The minimum Gasteiger partial charge on any atom is -0.497 e. The van der Waals surface area contributed by atoms with Crippen molar-refractivity contribution in [3.05, 3.63) is 35.3 Å². The second kappa shape index (κ2) is 7.77. The Bertz CT molecular complexity index is 676. The van der Waals surface area contributed by atoms with Crippen LogP contribution < -0.4 is 10.1 Å². The monoisotopic (exact) mass is 346 g/mol. The zero-order chi connectivity index (χ0) is 16.9. The van der Waals surface area contributed by atoms with Crippen LogP contribution in [0.2, 0.25) is 0 Å². The Balaban J connectivity index is 1.61. The van der Waals surface area contributed by atoms with Gasteiger partial charge in [0.2, 0.25) is 0 Å². The minimum atomic E-state index is -0.0558. The molecule has 0 aliphatic heterocycles. The first-order valence-corrected chi connectivity index (χ1v) is 9.03. The average molecular weight is 346 g/mol. The van der Waals surface area contributed by atoms with Crippen LogP contribution in [0, 0.1) is 5.92 Å². The normalized spacial score (nSPS) is 20.6. The predicted molar refractivity (Wildman–Crippen MR) is 94.4 cm³/mol. The van der Waals surface area contributed by atoms with Gasteiger partial charge in [-0.2, -0.15) is 0 Å². The van der Waals surface area contributed by atoms with Crippen LogP contribution in [0.4, 0.5) is 0 Å². The molecule has 1 aromatic heterocycles. The number of rotatable bonds is 5. The van der Waals surface area contributed by atoms with E-state index in [9.17, 15) is 9.90 Å². The number of aromatic nitrogens is 1. The number of carbonyl (C=O) groups is 1. The van der Waals surface area contributed by atoms with Gasteiger partial charge in [-0.3, -0.25) is 4.79 Å². The molecular formula is C18H22N2O3S. The number of carbonyl (C=O) groups excluding carboxylic acids is 1. The van der Waals surface area contributed by atoms with Gasteiger partial charge in [0.15, 0.2) is 0 Å². The van der Waals surface area contributed by atoms with E-state index in [0.29, 0.717) is 10.8 Å². The highest BCUT2D eigenvalue weighted by Crippen LogP contribution is 2.28. The van der Waals surface area contributed by atoms with E-state index in [-0.39, 0.29) is 18.6 Å². The molecule has 1 aliphatic carbocycles. The lowest BCUT2D eigenvalue weighted by molar-refractivity contribution is 0.0918. The van der Waals surface area contributed by atoms with Gasteiger partial charge in [-0.25, -0.2) is 4.98 Å². The van der Waals surface area contributed by atoms with Crippen molar-refractivity contribution in [2.24, 2.45) is 5.92 Å². The molecule has 0 unspecified atom stereocenters. The standard InChI is InChI=1S/C18H22N2O3S/c1-23-15-8-4-13(5-9-15)18-19-10-16(24-18)17(22)20-14-6-2-12(11-21)3-7-14/h4-5,8-10,12,14,21H,2-3,6-7,11H2,1H3,(H,20,22). The molecule has 0 bridgehead atoms. The van der Waals surface area contributed by atoms with Gasteiger partial charge in [-0.15, -0.1) is 11.3 Å². The van der Waals surface area contributed by atoms with Crippen LogP contribution in [0.5, 0.6) is 5.75 Å². The molecule has 0 atom stereocenters. The van der Waals surface area contributed by atoms with E-state index in [0.717, 1.165) is 42.0 Å². The maximum Gasteiger partial charge on any atom is 0.263 e. The zero-order valence-corrected chi connectivity index (χ0v) is 14.5. The number of amides is 1. The van der Waals surface area contributed by atoms with Gasteiger partial charge in [0.1, 0.15) is 15.6 Å². The third kappa shape index (κ3) is 3.94. The predicted octanol–water partition coefficient (Wildman–Crippen LogP) is 3.10. The maximum absolute atomic E-state index is 12.4. The Morgan fingerprint density at radius 1 is 1.29 bits per heavy atom. The van der Waals surface area contributed by atoms with Gasteiger partial charge < -0.3 is 15.2 Å². The van der Waals surface area contributed by atoms with Gasteiger partial charge in [-0.05, 0) is 55.9 Å². The summed E-state index contributed by atoms with van der Waals surface area (Å²) in [7, 11) is 1.63. The summed E-state index contributed by atoms with van der Waals surface area (Å²) in [6.45, 7) is 0.251. The first-order valence-electron chi connectivity index (χ1n) is 8.21. The van der Waals surface area contributed by atoms with Gasteiger partial charge in [0.25, 0.3) is 5.91 Å². The van der Waals surface area contributed by atoms with Crippen LogP contribution in [0.1, 0.15) is 35.4 Å². The Morgan fingerprint density at radius 2 is 2.00 bits per heavy atom. The van der Waals surface area contributed by atoms with Crippen molar-refractivity contribution >= 4 is 17.2 Å². The molecule has 0 saturated heterocycles. The molecule has 3 rings (SSSR count). The molecule has 6 heteroatoms. The molecule has 0 radical (unpaired) electrons. The maximum atomic E-state index is 12.4. The largest absolute Gasteiger partial charge is 0.497 e. The molecule has 2 N–H and O–H groups in total. The number of hydrogen-bond donors (Lipinski definition) is 2. The Kier molecular flexibility index (Phi) is 5.48. The summed E-state index contributed by atoms with van der Waals surface area (Å²) in [4.78, 5) is 17.4. The average Bonchev–Trinajstić information content (AvgIpc) is 3.13. The summed E-state index contributed by atoms with van der Waals surface area (Å²) in [6.07, 6.45) is 5.45. The molecule has 24 heavy (non-hydrogen) atoms. The minimum absolute atomic E-state index is 0.0558. The molecule has 1 aliphatic rings. The topological polar surface area (TPSA) is 71.5 Å². The molecule has 2 aromatic rings. The van der Waals surface area contributed by atoms with E-state index >= 15 is 0 Å². The molecular weight excluding hydrogens is 324 g/mol. The Morgan fingerprint density at radius 3 is 2.62 bits per heavy atom. The van der Waals surface area contributed by atoms with Crippen molar-refractivity contribution in [2.45, 2.75) is 31.7 Å². The summed E-state index contributed by atoms with van der Waals surface area (Å²) < 4.78 is 5.15. The molecule has 128 valence electrons. The number of ether oxygens (including phenoxy) is 1. The second-order valence-corrected chi connectivity index (χ2v) is 7.16. The quantitative estimate of drug-likeness (QED) is 0.873. The molecule has 1 amide bonds. The number of benzene rings is 1. The van der Waals surface area contributed by atoms with Gasteiger partial charge in [0.05, 0.1) is 13.3 Å². The van der Waals surface area contributed by atoms with Crippen LogP contribution >= 0.6 is 11.3 Å². The fourth-order valence-corrected chi connectivity index (χ4v) is 3.82. The van der Waals surface area contributed by atoms with Crippen LogP contribution in [-0.2, 0) is 0 Å². The number of methoxy groups -OCH3 is 1. The summed E-state index contributed by atoms with van der Waals surface area (Å²) >= 11 is 1.40. The molecule has 0 spiro atoms. The van der Waals surface area contributed by atoms with Crippen molar-refractivity contribution in [3.63, 3.8) is 0 Å². The fraction of sp³-hybridized carbons (Fsp3) is 0.444. The van der Waals surface area contributed by atoms with E-state index in [1.807, 2.05) is 24.3 Å². The van der Waals surface area contributed by atoms with Gasteiger partial charge in [-0.1, -0.05) is 0 Å². The molecule has 5 nitrogen and oxygen atoms in total. The van der Waals surface area contributed by atoms with Crippen molar-refractivity contribution in [2.75, 3.05) is 13.7 Å². The fourth-order valence-electron chi connectivity index (χ4n) is 2.99. The lowest BCUT2D eigenvalue weighted by Crippen LogP contribution is -2.37. The van der Waals surface area contributed by atoms with E-state index in [4.69, 9.17) is 4.74 Å². The molecule has 1 saturated carbocycles. The SMILES string of the molecule is COc1ccc(-c2ncc(C(=O)NC3CCC(CO)CC3)s2)cc1. The van der Waals surface area contributed by atoms with Crippen LogP contribution in [0.3, 0.4) is 0 Å². The van der Waals surface area contributed by atoms with E-state index in [1.54, 1.807) is 13.3 Å². The summed E-state index contributed by atoms with van der Waals surface area (Å²) in [5.74, 6) is 1.13. The van der Waals surface area contributed by atoms with Gasteiger partial charge >= 0.3 is 0 Å². The summed E-state index contributed by atoms with van der Waals surface area (Å²) in [5.41, 5.74) is 0.975. The first-order chi connectivity index (χ1) is 11.7. The highest BCUT2D eigenvalue weighted by molar-refractivity contribution is 7.16. The lowest BCUT2D eigenvalue weighted by atomic mass is 9.86. The zero-order valence-electron chi connectivity index (χ0n) is 13.7. The smallest absolute Gasteiger partial charge is 0.263 e. The van der Waals surface area contributed by atoms with Crippen LogP contribution in [0.25, 0.3) is 10.6 Å². The third-order valence-electron chi connectivity index (χ3n) is 4.51. The Labute approximate surface area is 145 Å². The third-order valence-corrected chi connectivity index (χ3v) is 5.55. The number of thiazole rings is 1. The van der Waals surface area contributed by atoms with Crippen molar-refractivity contribution in [1.29, 1.82) is 0 Å². The Hall–Kier alpha value is -1.92. The van der Waals surface area contributed by atoms with Crippen molar-refractivity contribution in [1.82, 2.24) is 10.3 Å². The highest BCUT2D eigenvalue weighted by Gasteiger charge is 2.23. The number of nitrogens with one attached hydrogen (secondary N) is 1. The van der Waals surface area contributed by atoms with Crippen LogP contribution in [0.15, 0.2) is 30.5 Å². The van der Waals surface area contributed by atoms with Crippen LogP contribution in [-0.4, -0.2) is 35.8 Å². The molecule has 1 heterocycles. The summed E-state index contributed by atoms with van der Waals surface area (Å²) in [5, 5.41) is 13.1. The number of nitrogens with zero attached hydrogens (tertiary/aromatic N) is 1. The number of aliphatic hydroxyl groups excluding tert-OH is 1. The number of aliphatic hydroxyl groups is 1. The molecule has 1 aromatic carbocycles. The van der Waals surface area contributed by atoms with E-state index in [1.165, 1.54) is 11.3 Å². The summed E-state index contributed by atoms with van der Waals surface area (Å²) in [6, 6.07) is 7.85. The van der Waals surface area contributed by atoms with Crippen molar-refractivity contribution in [3.8, 4) is 16.3 Å². The molecule has 1 fully saturated rings. The second-order valence-electron chi connectivity index (χ2n) is 6.13. The van der Waals surface area contributed by atoms with Crippen molar-refractivity contribution < 1.29 is 14.6 Å². The van der Waals surface area contributed by atoms with E-state index in [2.05, 4.69) is 10.3 Å². The van der Waals surface area contributed by atoms with E-state index < -0.39 is 0 Å².